The Kier molecular flexibility index (Phi) is 3.68. The van der Waals surface area contributed by atoms with Crippen molar-refractivity contribution in [1.82, 2.24) is 9.78 Å². The van der Waals surface area contributed by atoms with Crippen molar-refractivity contribution in [1.29, 1.82) is 0 Å². The monoisotopic (exact) mass is 331 g/mol. The molecular weight excluding hydrogens is 310 g/mol. The van der Waals surface area contributed by atoms with Crippen LogP contribution in [0.3, 0.4) is 0 Å². The Balaban J connectivity index is 1.55. The van der Waals surface area contributed by atoms with Crippen molar-refractivity contribution in [3.05, 3.63) is 77.5 Å². The summed E-state index contributed by atoms with van der Waals surface area (Å²) in [6, 6.07) is 18.1. The Labute approximate surface area is 147 Å². The van der Waals surface area contributed by atoms with Crippen LogP contribution in [0.1, 0.15) is 29.5 Å². The number of benzene rings is 2. The Morgan fingerprint density at radius 2 is 1.72 bits per heavy atom. The van der Waals surface area contributed by atoms with Gasteiger partial charge in [0.1, 0.15) is 0 Å². The molecule has 4 heteroatoms. The van der Waals surface area contributed by atoms with Gasteiger partial charge in [0.05, 0.1) is 11.1 Å². The number of nitrogens with one attached hydrogen (secondary N) is 1. The minimum Gasteiger partial charge on any atom is -0.308 e. The number of rotatable bonds is 4. The number of aryl methyl sites for hydroxylation is 2. The summed E-state index contributed by atoms with van der Waals surface area (Å²) in [5.74, 6) is 0.625. The molecule has 1 heterocycles. The fourth-order valence-electron chi connectivity index (χ4n) is 3.37. The zero-order chi connectivity index (χ0) is 17.4. The summed E-state index contributed by atoms with van der Waals surface area (Å²) >= 11 is 0. The van der Waals surface area contributed by atoms with Crippen molar-refractivity contribution in [3.63, 3.8) is 0 Å². The van der Waals surface area contributed by atoms with Crippen molar-refractivity contribution >= 4 is 11.7 Å². The maximum atomic E-state index is 12.9. The first-order valence-corrected chi connectivity index (χ1v) is 8.58. The molecule has 2 aromatic carbocycles. The molecule has 1 amide bonds. The average molecular weight is 331 g/mol. The van der Waals surface area contributed by atoms with Crippen molar-refractivity contribution < 1.29 is 4.79 Å². The summed E-state index contributed by atoms with van der Waals surface area (Å²) in [7, 11) is 0. The van der Waals surface area contributed by atoms with Gasteiger partial charge in [0, 0.05) is 12.3 Å². The van der Waals surface area contributed by atoms with Crippen LogP contribution in [0, 0.1) is 13.8 Å². The van der Waals surface area contributed by atoms with Crippen molar-refractivity contribution in [3.8, 4) is 5.69 Å². The topological polar surface area (TPSA) is 46.9 Å². The SMILES string of the molecule is Cc1cc(C)cc(C2(C(=O)Nc3ccn(-c4ccccc4)n3)CC2)c1. The second-order valence-corrected chi connectivity index (χ2v) is 6.89. The number of amides is 1. The quantitative estimate of drug-likeness (QED) is 0.780. The lowest BCUT2D eigenvalue weighted by molar-refractivity contribution is -0.118. The number of carbonyl (C=O) groups excluding carboxylic acids is 1. The molecule has 1 aliphatic carbocycles. The van der Waals surface area contributed by atoms with E-state index in [9.17, 15) is 4.79 Å². The zero-order valence-electron chi connectivity index (χ0n) is 14.5. The fourth-order valence-corrected chi connectivity index (χ4v) is 3.37. The Morgan fingerprint density at radius 1 is 1.04 bits per heavy atom. The molecule has 4 nitrogen and oxygen atoms in total. The van der Waals surface area contributed by atoms with Crippen LogP contribution >= 0.6 is 0 Å². The Hall–Kier alpha value is -2.88. The van der Waals surface area contributed by atoms with E-state index in [1.807, 2.05) is 42.6 Å². The molecule has 0 bridgehead atoms. The highest BCUT2D eigenvalue weighted by molar-refractivity contribution is 6.00. The predicted octanol–water partition coefficient (Wildman–Crippen LogP) is 4.16. The molecule has 0 radical (unpaired) electrons. The molecule has 0 unspecified atom stereocenters. The van der Waals surface area contributed by atoms with Crippen molar-refractivity contribution in [2.24, 2.45) is 0 Å². The maximum absolute atomic E-state index is 12.9. The summed E-state index contributed by atoms with van der Waals surface area (Å²) in [4.78, 5) is 12.9. The lowest BCUT2D eigenvalue weighted by atomic mass is 9.92. The van der Waals surface area contributed by atoms with Crippen molar-refractivity contribution in [2.45, 2.75) is 32.1 Å². The van der Waals surface area contributed by atoms with Gasteiger partial charge in [0.2, 0.25) is 5.91 Å². The van der Waals surface area contributed by atoms with Crippen LogP contribution in [0.5, 0.6) is 0 Å². The van der Waals surface area contributed by atoms with Gasteiger partial charge in [-0.05, 0) is 44.4 Å². The molecule has 126 valence electrons. The number of aromatic nitrogens is 2. The van der Waals surface area contributed by atoms with E-state index in [2.05, 4.69) is 42.5 Å². The minimum absolute atomic E-state index is 0.0378. The summed E-state index contributed by atoms with van der Waals surface area (Å²) in [6.45, 7) is 4.15. The molecule has 0 saturated heterocycles. The van der Waals surface area contributed by atoms with E-state index in [0.717, 1.165) is 24.1 Å². The van der Waals surface area contributed by atoms with Crippen LogP contribution in [-0.4, -0.2) is 15.7 Å². The second kappa shape index (κ2) is 5.88. The van der Waals surface area contributed by atoms with Gasteiger partial charge >= 0.3 is 0 Å². The van der Waals surface area contributed by atoms with E-state index in [-0.39, 0.29) is 5.91 Å². The molecule has 3 aromatic rings. The van der Waals surface area contributed by atoms with Gasteiger partial charge in [0.15, 0.2) is 5.82 Å². The molecule has 1 fully saturated rings. The minimum atomic E-state index is -0.396. The van der Waals surface area contributed by atoms with Crippen LogP contribution < -0.4 is 5.32 Å². The first-order valence-electron chi connectivity index (χ1n) is 8.58. The van der Waals surface area contributed by atoms with E-state index in [0.29, 0.717) is 5.82 Å². The average Bonchev–Trinajstić information content (AvgIpc) is 3.29. The van der Waals surface area contributed by atoms with Gasteiger partial charge in [-0.25, -0.2) is 4.68 Å². The van der Waals surface area contributed by atoms with Crippen LogP contribution in [-0.2, 0) is 10.2 Å². The molecule has 1 aliphatic rings. The molecule has 1 saturated carbocycles. The van der Waals surface area contributed by atoms with Gasteiger partial charge in [0.25, 0.3) is 0 Å². The zero-order valence-corrected chi connectivity index (χ0v) is 14.5. The molecular formula is C21H21N3O. The molecule has 0 atom stereocenters. The third-order valence-electron chi connectivity index (χ3n) is 4.81. The molecule has 0 aliphatic heterocycles. The highest BCUT2D eigenvalue weighted by atomic mass is 16.2. The van der Waals surface area contributed by atoms with E-state index >= 15 is 0 Å². The summed E-state index contributed by atoms with van der Waals surface area (Å²) in [6.07, 6.45) is 3.64. The number of anilines is 1. The van der Waals surface area contributed by atoms with Gasteiger partial charge < -0.3 is 5.32 Å². The first-order chi connectivity index (χ1) is 12.1. The second-order valence-electron chi connectivity index (χ2n) is 6.89. The van der Waals surface area contributed by atoms with Gasteiger partial charge in [-0.3, -0.25) is 4.79 Å². The summed E-state index contributed by atoms with van der Waals surface area (Å²) < 4.78 is 1.77. The van der Waals surface area contributed by atoms with Gasteiger partial charge in [-0.15, -0.1) is 0 Å². The van der Waals surface area contributed by atoms with Gasteiger partial charge in [-0.2, -0.15) is 5.10 Å². The van der Waals surface area contributed by atoms with E-state index in [4.69, 9.17) is 0 Å². The Morgan fingerprint density at radius 3 is 2.36 bits per heavy atom. The normalized spacial score (nSPS) is 15.0. The number of carbonyl (C=O) groups is 1. The van der Waals surface area contributed by atoms with E-state index in [1.165, 1.54) is 11.1 Å². The fraction of sp³-hybridized carbons (Fsp3) is 0.238. The van der Waals surface area contributed by atoms with Crippen molar-refractivity contribution in [2.75, 3.05) is 5.32 Å². The summed E-state index contributed by atoms with van der Waals surface area (Å²) in [5.41, 5.74) is 4.08. The lowest BCUT2D eigenvalue weighted by Gasteiger charge is -2.16. The third-order valence-corrected chi connectivity index (χ3v) is 4.81. The van der Waals surface area contributed by atoms with Crippen LogP contribution in [0.4, 0.5) is 5.82 Å². The largest absolute Gasteiger partial charge is 0.308 e. The molecule has 25 heavy (non-hydrogen) atoms. The number of hydrogen-bond acceptors (Lipinski definition) is 2. The lowest BCUT2D eigenvalue weighted by Crippen LogP contribution is -2.28. The molecule has 1 aromatic heterocycles. The number of hydrogen-bond donors (Lipinski definition) is 1. The smallest absolute Gasteiger partial charge is 0.236 e. The standard InChI is InChI=1S/C21H21N3O/c1-15-12-16(2)14-17(13-15)21(9-10-21)20(25)22-19-8-11-24(23-19)18-6-4-3-5-7-18/h3-8,11-14H,9-10H2,1-2H3,(H,22,23,25). The predicted molar refractivity (Wildman–Crippen MR) is 99.0 cm³/mol. The highest BCUT2D eigenvalue weighted by Gasteiger charge is 2.51. The highest BCUT2D eigenvalue weighted by Crippen LogP contribution is 2.49. The summed E-state index contributed by atoms with van der Waals surface area (Å²) in [5, 5.41) is 7.48. The molecule has 1 N–H and O–H groups in total. The van der Waals surface area contributed by atoms with Crippen LogP contribution in [0.25, 0.3) is 5.69 Å². The number of nitrogens with zero attached hydrogens (tertiary/aromatic N) is 2. The maximum Gasteiger partial charge on any atom is 0.236 e. The van der Waals surface area contributed by atoms with E-state index < -0.39 is 5.41 Å². The number of para-hydroxylation sites is 1. The third kappa shape index (κ3) is 2.95. The van der Waals surface area contributed by atoms with E-state index in [1.54, 1.807) is 4.68 Å². The first kappa shape index (κ1) is 15.6. The molecule has 4 rings (SSSR count). The van der Waals surface area contributed by atoms with Crippen LogP contribution in [0.15, 0.2) is 60.8 Å². The van der Waals surface area contributed by atoms with Gasteiger partial charge in [-0.1, -0.05) is 47.5 Å². The Bertz CT molecular complexity index is 903. The molecule has 0 spiro atoms. The van der Waals surface area contributed by atoms with Crippen LogP contribution in [0.2, 0.25) is 0 Å².